The van der Waals surface area contributed by atoms with Gasteiger partial charge in [-0.15, -0.1) is 0 Å². The number of carbonyl (C=O) groups excluding carboxylic acids is 2. The van der Waals surface area contributed by atoms with Crippen LogP contribution in [0.5, 0.6) is 0 Å². The number of rotatable bonds is 4. The van der Waals surface area contributed by atoms with Gasteiger partial charge in [-0.1, -0.05) is 6.07 Å². The molecule has 0 bridgehead atoms. The molecule has 104 valence electrons. The van der Waals surface area contributed by atoms with Gasteiger partial charge in [0.25, 0.3) is 5.91 Å². The lowest BCUT2D eigenvalue weighted by Gasteiger charge is -2.14. The lowest BCUT2D eigenvalue weighted by molar-refractivity contribution is 0.0943. The summed E-state index contributed by atoms with van der Waals surface area (Å²) < 4.78 is 1.60. The molecule has 0 spiro atoms. The maximum atomic E-state index is 12.1. The van der Waals surface area contributed by atoms with Crippen LogP contribution in [0, 0.1) is 0 Å². The summed E-state index contributed by atoms with van der Waals surface area (Å²) in [5.41, 5.74) is 1.36. The summed E-state index contributed by atoms with van der Waals surface area (Å²) in [6, 6.07) is 7.19. The van der Waals surface area contributed by atoms with Crippen LogP contribution in [0.2, 0.25) is 0 Å². The second kappa shape index (κ2) is 5.20. The molecule has 0 unspecified atom stereocenters. The molecule has 2 aromatic rings. The van der Waals surface area contributed by atoms with E-state index in [4.69, 9.17) is 0 Å². The molecule has 3 amide bonds. The van der Waals surface area contributed by atoms with Crippen LogP contribution >= 0.6 is 0 Å². The maximum Gasteiger partial charge on any atom is 0.317 e. The van der Waals surface area contributed by atoms with Crippen molar-refractivity contribution in [3.63, 3.8) is 0 Å². The van der Waals surface area contributed by atoms with Gasteiger partial charge in [0.15, 0.2) is 0 Å². The number of carbonyl (C=O) groups is 2. The van der Waals surface area contributed by atoms with Crippen LogP contribution in [0.4, 0.5) is 4.79 Å². The van der Waals surface area contributed by atoms with Crippen molar-refractivity contribution in [2.24, 2.45) is 0 Å². The zero-order chi connectivity index (χ0) is 13.9. The quantitative estimate of drug-likeness (QED) is 0.828. The van der Waals surface area contributed by atoms with E-state index in [1.165, 1.54) is 0 Å². The van der Waals surface area contributed by atoms with Crippen molar-refractivity contribution in [2.75, 3.05) is 26.2 Å². The smallest absolute Gasteiger partial charge is 0.317 e. The summed E-state index contributed by atoms with van der Waals surface area (Å²) in [4.78, 5) is 25.1. The highest BCUT2D eigenvalue weighted by atomic mass is 16.2. The van der Waals surface area contributed by atoms with E-state index in [1.54, 1.807) is 21.7 Å². The standard InChI is InChI=1S/C13H15N5O2/c19-12(14-6-8-17-9-7-15-13(17)20)11-3-1-2-10-4-5-16-18(10)11/h1-5H,6-9H2,(H,14,19)(H,15,20). The molecule has 3 heterocycles. The molecule has 0 aliphatic carbocycles. The van der Waals surface area contributed by atoms with Crippen LogP contribution in [-0.4, -0.2) is 52.6 Å². The molecule has 7 heteroatoms. The second-order valence-corrected chi connectivity index (χ2v) is 4.55. The number of hydrogen-bond donors (Lipinski definition) is 2. The summed E-state index contributed by atoms with van der Waals surface area (Å²) in [6.07, 6.45) is 1.65. The van der Waals surface area contributed by atoms with E-state index in [9.17, 15) is 9.59 Å². The predicted molar refractivity (Wildman–Crippen MR) is 72.5 cm³/mol. The van der Waals surface area contributed by atoms with Gasteiger partial charge >= 0.3 is 6.03 Å². The average Bonchev–Trinajstić information content (AvgIpc) is 3.07. The van der Waals surface area contributed by atoms with Gasteiger partial charge in [0, 0.05) is 26.2 Å². The normalized spacial score (nSPS) is 14.6. The van der Waals surface area contributed by atoms with Gasteiger partial charge in [-0.3, -0.25) is 4.79 Å². The molecule has 1 saturated heterocycles. The molecule has 0 saturated carbocycles. The minimum atomic E-state index is -0.195. The summed E-state index contributed by atoms with van der Waals surface area (Å²) in [5.74, 6) is -0.195. The number of nitrogens with one attached hydrogen (secondary N) is 2. The zero-order valence-corrected chi connectivity index (χ0v) is 10.9. The lowest BCUT2D eigenvalue weighted by atomic mass is 10.3. The monoisotopic (exact) mass is 273 g/mol. The summed E-state index contributed by atoms with van der Waals surface area (Å²) in [7, 11) is 0. The minimum Gasteiger partial charge on any atom is -0.349 e. The highest BCUT2D eigenvalue weighted by Gasteiger charge is 2.19. The van der Waals surface area contributed by atoms with Crippen molar-refractivity contribution in [1.82, 2.24) is 25.1 Å². The Morgan fingerprint density at radius 3 is 3.10 bits per heavy atom. The zero-order valence-electron chi connectivity index (χ0n) is 10.9. The molecule has 7 nitrogen and oxygen atoms in total. The van der Waals surface area contributed by atoms with E-state index in [0.717, 1.165) is 5.52 Å². The Morgan fingerprint density at radius 2 is 2.30 bits per heavy atom. The van der Waals surface area contributed by atoms with Gasteiger partial charge in [-0.05, 0) is 18.2 Å². The van der Waals surface area contributed by atoms with E-state index in [-0.39, 0.29) is 11.9 Å². The number of aromatic nitrogens is 2. The van der Waals surface area contributed by atoms with Crippen molar-refractivity contribution in [3.8, 4) is 0 Å². The summed E-state index contributed by atoms with van der Waals surface area (Å²) in [6.45, 7) is 2.28. The van der Waals surface area contributed by atoms with E-state index in [1.807, 2.05) is 18.2 Å². The Bertz CT molecular complexity index is 651. The number of urea groups is 1. The molecular weight excluding hydrogens is 258 g/mol. The Balaban J connectivity index is 1.62. The molecule has 2 N–H and O–H groups in total. The first-order chi connectivity index (χ1) is 9.75. The molecule has 1 aliphatic rings. The fraction of sp³-hybridized carbons (Fsp3) is 0.308. The van der Waals surface area contributed by atoms with E-state index in [2.05, 4.69) is 15.7 Å². The molecule has 3 rings (SSSR count). The summed E-state index contributed by atoms with van der Waals surface area (Å²) >= 11 is 0. The van der Waals surface area contributed by atoms with Gasteiger partial charge in [-0.25, -0.2) is 9.31 Å². The molecule has 1 aliphatic heterocycles. The predicted octanol–water partition coefficient (Wildman–Crippen LogP) is 0.0893. The van der Waals surface area contributed by atoms with E-state index in [0.29, 0.717) is 31.9 Å². The number of hydrogen-bond acceptors (Lipinski definition) is 3. The average molecular weight is 273 g/mol. The largest absolute Gasteiger partial charge is 0.349 e. The van der Waals surface area contributed by atoms with Crippen LogP contribution in [0.1, 0.15) is 10.5 Å². The number of nitrogens with zero attached hydrogens (tertiary/aromatic N) is 3. The van der Waals surface area contributed by atoms with Gasteiger partial charge in [0.1, 0.15) is 5.69 Å². The van der Waals surface area contributed by atoms with Gasteiger partial charge in [-0.2, -0.15) is 5.10 Å². The summed E-state index contributed by atoms with van der Waals surface area (Å²) in [5, 5.41) is 9.65. The first-order valence-corrected chi connectivity index (χ1v) is 6.49. The SMILES string of the molecule is O=C(NCCN1CCNC1=O)c1cccc2ccnn12. The molecule has 20 heavy (non-hydrogen) atoms. The second-order valence-electron chi connectivity index (χ2n) is 4.55. The van der Waals surface area contributed by atoms with Gasteiger partial charge < -0.3 is 15.5 Å². The molecule has 1 fully saturated rings. The van der Waals surface area contributed by atoms with E-state index >= 15 is 0 Å². The highest BCUT2D eigenvalue weighted by Crippen LogP contribution is 2.06. The van der Waals surface area contributed by atoms with Crippen LogP contribution in [0.15, 0.2) is 30.5 Å². The number of pyridine rings is 1. The van der Waals surface area contributed by atoms with E-state index < -0.39 is 0 Å². The minimum absolute atomic E-state index is 0.0755. The lowest BCUT2D eigenvalue weighted by Crippen LogP contribution is -2.37. The Morgan fingerprint density at radius 1 is 1.40 bits per heavy atom. The molecule has 0 atom stereocenters. The molecule has 2 aromatic heterocycles. The van der Waals surface area contributed by atoms with Crippen molar-refractivity contribution >= 4 is 17.5 Å². The van der Waals surface area contributed by atoms with Crippen LogP contribution in [0.3, 0.4) is 0 Å². The van der Waals surface area contributed by atoms with Gasteiger partial charge in [0.05, 0.1) is 11.7 Å². The maximum absolute atomic E-state index is 12.1. The number of amides is 3. The van der Waals surface area contributed by atoms with Crippen LogP contribution in [0.25, 0.3) is 5.52 Å². The fourth-order valence-corrected chi connectivity index (χ4v) is 2.24. The Kier molecular flexibility index (Phi) is 3.24. The Labute approximate surface area is 115 Å². The Hall–Kier alpha value is -2.57. The topological polar surface area (TPSA) is 78.7 Å². The third-order valence-electron chi connectivity index (χ3n) is 3.27. The van der Waals surface area contributed by atoms with Crippen LogP contribution in [-0.2, 0) is 0 Å². The number of fused-ring (bicyclic) bond motifs is 1. The molecular formula is C13H15N5O2. The third kappa shape index (κ3) is 2.29. The fourth-order valence-electron chi connectivity index (χ4n) is 2.24. The van der Waals surface area contributed by atoms with Crippen LogP contribution < -0.4 is 10.6 Å². The first-order valence-electron chi connectivity index (χ1n) is 6.49. The van der Waals surface area contributed by atoms with Crippen molar-refractivity contribution in [2.45, 2.75) is 0 Å². The molecule has 0 radical (unpaired) electrons. The van der Waals surface area contributed by atoms with Crippen molar-refractivity contribution in [3.05, 3.63) is 36.2 Å². The van der Waals surface area contributed by atoms with Crippen molar-refractivity contribution < 1.29 is 9.59 Å². The first kappa shape index (κ1) is 12.5. The van der Waals surface area contributed by atoms with Crippen molar-refractivity contribution in [1.29, 1.82) is 0 Å². The van der Waals surface area contributed by atoms with Gasteiger partial charge in [0.2, 0.25) is 0 Å². The highest BCUT2D eigenvalue weighted by molar-refractivity contribution is 5.93. The molecule has 0 aromatic carbocycles. The third-order valence-corrected chi connectivity index (χ3v) is 3.27.